The molecule has 0 saturated carbocycles. The molecule has 0 N–H and O–H groups in total. The number of rotatable bonds is 6. The van der Waals surface area contributed by atoms with Crippen LogP contribution in [0.1, 0.15) is 34.8 Å². The zero-order valence-corrected chi connectivity index (χ0v) is 12.5. The maximum absolute atomic E-state index is 11.5. The minimum atomic E-state index is -0.333. The van der Waals surface area contributed by atoms with Crippen LogP contribution in [0.4, 0.5) is 0 Å². The highest BCUT2D eigenvalue weighted by molar-refractivity contribution is 5.89. The predicted octanol–water partition coefficient (Wildman–Crippen LogP) is 4.00. The maximum atomic E-state index is 11.5. The van der Waals surface area contributed by atoms with E-state index in [1.54, 1.807) is 12.1 Å². The van der Waals surface area contributed by atoms with Crippen molar-refractivity contribution >= 4 is 5.97 Å². The molecule has 21 heavy (non-hydrogen) atoms. The highest BCUT2D eigenvalue weighted by atomic mass is 16.5. The number of esters is 1. The van der Waals surface area contributed by atoms with E-state index in [4.69, 9.17) is 9.47 Å². The second-order valence-electron chi connectivity index (χ2n) is 4.87. The lowest BCUT2D eigenvalue weighted by Gasteiger charge is -2.08. The first-order chi connectivity index (χ1) is 10.2. The molecule has 0 aliphatic heterocycles. The summed E-state index contributed by atoms with van der Waals surface area (Å²) in [5.74, 6) is 0.499. The standard InChI is InChI=1S/C18H20O3/c1-3-5-14-8-10-17(11-9-14)21-13-15-6-4-7-16(12-15)18(19)20-2/h4,6-12H,3,5,13H2,1-2H3. The fourth-order valence-electron chi connectivity index (χ4n) is 2.11. The van der Waals surface area contributed by atoms with Crippen LogP contribution < -0.4 is 4.74 Å². The molecular formula is C18H20O3. The second-order valence-corrected chi connectivity index (χ2v) is 4.87. The van der Waals surface area contributed by atoms with Crippen molar-refractivity contribution in [2.75, 3.05) is 7.11 Å². The Balaban J connectivity index is 1.97. The number of aryl methyl sites for hydroxylation is 1. The fraction of sp³-hybridized carbons (Fsp3) is 0.278. The molecule has 2 rings (SSSR count). The van der Waals surface area contributed by atoms with Gasteiger partial charge in [0.25, 0.3) is 0 Å². The van der Waals surface area contributed by atoms with Gasteiger partial charge in [0.1, 0.15) is 12.4 Å². The fourth-order valence-corrected chi connectivity index (χ4v) is 2.11. The molecule has 0 fully saturated rings. The van der Waals surface area contributed by atoms with Crippen LogP contribution in [0.5, 0.6) is 5.75 Å². The van der Waals surface area contributed by atoms with E-state index < -0.39 is 0 Å². The van der Waals surface area contributed by atoms with E-state index in [9.17, 15) is 4.79 Å². The summed E-state index contributed by atoms with van der Waals surface area (Å²) in [5.41, 5.74) is 2.80. The summed E-state index contributed by atoms with van der Waals surface area (Å²) in [6, 6.07) is 15.4. The third-order valence-corrected chi connectivity index (χ3v) is 3.22. The highest BCUT2D eigenvalue weighted by Crippen LogP contribution is 2.16. The molecular weight excluding hydrogens is 264 g/mol. The summed E-state index contributed by atoms with van der Waals surface area (Å²) < 4.78 is 10.5. The second kappa shape index (κ2) is 7.48. The quantitative estimate of drug-likeness (QED) is 0.752. The van der Waals surface area contributed by atoms with Gasteiger partial charge in [-0.25, -0.2) is 4.79 Å². The molecule has 0 saturated heterocycles. The van der Waals surface area contributed by atoms with E-state index in [0.717, 1.165) is 24.2 Å². The molecule has 3 nitrogen and oxygen atoms in total. The number of carbonyl (C=O) groups excluding carboxylic acids is 1. The minimum Gasteiger partial charge on any atom is -0.489 e. The monoisotopic (exact) mass is 284 g/mol. The third kappa shape index (κ3) is 4.35. The Morgan fingerprint density at radius 2 is 1.81 bits per heavy atom. The summed E-state index contributed by atoms with van der Waals surface area (Å²) in [5, 5.41) is 0. The molecule has 110 valence electrons. The van der Waals surface area contributed by atoms with Crippen molar-refractivity contribution in [1.29, 1.82) is 0 Å². The number of ether oxygens (including phenoxy) is 2. The van der Waals surface area contributed by atoms with Crippen LogP contribution in [0.25, 0.3) is 0 Å². The van der Waals surface area contributed by atoms with Gasteiger partial charge in [0, 0.05) is 0 Å². The van der Waals surface area contributed by atoms with Gasteiger partial charge < -0.3 is 9.47 Å². The van der Waals surface area contributed by atoms with Gasteiger partial charge in [0.05, 0.1) is 12.7 Å². The van der Waals surface area contributed by atoms with Gasteiger partial charge >= 0.3 is 5.97 Å². The largest absolute Gasteiger partial charge is 0.489 e. The van der Waals surface area contributed by atoms with Crippen molar-refractivity contribution < 1.29 is 14.3 Å². The maximum Gasteiger partial charge on any atom is 0.337 e. The molecule has 0 heterocycles. The van der Waals surface area contributed by atoms with E-state index >= 15 is 0 Å². The van der Waals surface area contributed by atoms with E-state index in [0.29, 0.717) is 12.2 Å². The highest BCUT2D eigenvalue weighted by Gasteiger charge is 2.05. The van der Waals surface area contributed by atoms with Crippen LogP contribution in [0, 0.1) is 0 Å². The van der Waals surface area contributed by atoms with Crippen molar-refractivity contribution in [3.63, 3.8) is 0 Å². The van der Waals surface area contributed by atoms with Crippen molar-refractivity contribution in [3.05, 3.63) is 65.2 Å². The Bertz CT molecular complexity index is 588. The molecule has 0 amide bonds. The zero-order valence-electron chi connectivity index (χ0n) is 12.5. The van der Waals surface area contributed by atoms with Gasteiger partial charge in [-0.3, -0.25) is 0 Å². The number of methoxy groups -OCH3 is 1. The van der Waals surface area contributed by atoms with Crippen molar-refractivity contribution in [1.82, 2.24) is 0 Å². The summed E-state index contributed by atoms with van der Waals surface area (Å²) in [4.78, 5) is 11.5. The van der Waals surface area contributed by atoms with E-state index in [1.165, 1.54) is 12.7 Å². The van der Waals surface area contributed by atoms with Gasteiger partial charge in [0.15, 0.2) is 0 Å². The average Bonchev–Trinajstić information content (AvgIpc) is 2.54. The van der Waals surface area contributed by atoms with Gasteiger partial charge in [-0.2, -0.15) is 0 Å². The summed E-state index contributed by atoms with van der Waals surface area (Å²) in [6.07, 6.45) is 2.22. The lowest BCUT2D eigenvalue weighted by atomic mass is 10.1. The molecule has 2 aromatic carbocycles. The van der Waals surface area contributed by atoms with Crippen molar-refractivity contribution in [3.8, 4) is 5.75 Å². The van der Waals surface area contributed by atoms with Gasteiger partial charge in [-0.1, -0.05) is 37.6 Å². The van der Waals surface area contributed by atoms with Crippen LogP contribution >= 0.6 is 0 Å². The Kier molecular flexibility index (Phi) is 5.38. The first-order valence-electron chi connectivity index (χ1n) is 7.12. The van der Waals surface area contributed by atoms with Crippen LogP contribution in [-0.4, -0.2) is 13.1 Å². The Morgan fingerprint density at radius 3 is 2.48 bits per heavy atom. The molecule has 0 bridgehead atoms. The van der Waals surface area contributed by atoms with E-state index in [-0.39, 0.29) is 5.97 Å². The van der Waals surface area contributed by atoms with Crippen LogP contribution in [0.2, 0.25) is 0 Å². The minimum absolute atomic E-state index is 0.333. The Morgan fingerprint density at radius 1 is 1.05 bits per heavy atom. The Hall–Kier alpha value is -2.29. The SMILES string of the molecule is CCCc1ccc(OCc2cccc(C(=O)OC)c2)cc1. The molecule has 0 aliphatic rings. The molecule has 0 atom stereocenters. The molecule has 0 aromatic heterocycles. The molecule has 0 radical (unpaired) electrons. The van der Waals surface area contributed by atoms with Crippen LogP contribution in [0.15, 0.2) is 48.5 Å². The van der Waals surface area contributed by atoms with E-state index in [2.05, 4.69) is 19.1 Å². The van der Waals surface area contributed by atoms with Crippen LogP contribution in [0.3, 0.4) is 0 Å². The summed E-state index contributed by atoms with van der Waals surface area (Å²) >= 11 is 0. The number of benzene rings is 2. The number of hydrogen-bond donors (Lipinski definition) is 0. The predicted molar refractivity (Wildman–Crippen MR) is 82.6 cm³/mol. The number of carbonyl (C=O) groups is 1. The summed E-state index contributed by atoms with van der Waals surface area (Å²) in [7, 11) is 1.38. The van der Waals surface area contributed by atoms with Gasteiger partial charge in [-0.15, -0.1) is 0 Å². The van der Waals surface area contributed by atoms with Crippen LogP contribution in [-0.2, 0) is 17.8 Å². The normalized spacial score (nSPS) is 10.2. The van der Waals surface area contributed by atoms with Gasteiger partial charge in [-0.05, 0) is 41.8 Å². The van der Waals surface area contributed by atoms with Crippen molar-refractivity contribution in [2.45, 2.75) is 26.4 Å². The van der Waals surface area contributed by atoms with E-state index in [1.807, 2.05) is 24.3 Å². The Labute approximate surface area is 125 Å². The van der Waals surface area contributed by atoms with Gasteiger partial charge in [0.2, 0.25) is 0 Å². The lowest BCUT2D eigenvalue weighted by molar-refractivity contribution is 0.0600. The first-order valence-corrected chi connectivity index (χ1v) is 7.12. The zero-order chi connectivity index (χ0) is 15.1. The molecule has 0 aliphatic carbocycles. The first kappa shape index (κ1) is 15.1. The third-order valence-electron chi connectivity index (χ3n) is 3.22. The molecule has 0 unspecified atom stereocenters. The number of hydrogen-bond acceptors (Lipinski definition) is 3. The molecule has 0 spiro atoms. The molecule has 3 heteroatoms. The topological polar surface area (TPSA) is 35.5 Å². The summed E-state index contributed by atoms with van der Waals surface area (Å²) in [6.45, 7) is 2.59. The molecule has 2 aromatic rings. The average molecular weight is 284 g/mol. The van der Waals surface area contributed by atoms with Crippen molar-refractivity contribution in [2.24, 2.45) is 0 Å². The lowest BCUT2D eigenvalue weighted by Crippen LogP contribution is -2.03. The smallest absolute Gasteiger partial charge is 0.337 e.